The Bertz CT molecular complexity index is 2800. The SMILES string of the molecule is CC(C)(C)c1ccnc(-n2c3[c-]c(Oc4[c-]c(-n5[c-][n+]6c(n5)-c5ccccc5-c5ccccc5-c5ccccc5-6)ccc4)ccc3c3ccccc32)c1.[Pt]. The molecule has 4 heterocycles. The van der Waals surface area contributed by atoms with E-state index in [4.69, 9.17) is 14.8 Å². The van der Waals surface area contributed by atoms with Crippen LogP contribution in [0.5, 0.6) is 11.5 Å². The summed E-state index contributed by atoms with van der Waals surface area (Å²) >= 11 is 0. The Hall–Kier alpha value is -6.10. The van der Waals surface area contributed by atoms with Gasteiger partial charge in [-0.2, -0.15) is 22.9 Å². The molecule has 0 spiro atoms. The molecule has 0 unspecified atom stereocenters. The fourth-order valence-corrected chi connectivity index (χ4v) is 7.43. The van der Waals surface area contributed by atoms with Crippen molar-refractivity contribution in [2.24, 2.45) is 0 Å². The first-order valence-electron chi connectivity index (χ1n) is 17.8. The molecule has 0 atom stereocenters. The molecule has 6 aromatic carbocycles. The minimum Gasteiger partial charge on any atom is -0.510 e. The van der Waals surface area contributed by atoms with Gasteiger partial charge in [0.1, 0.15) is 5.82 Å². The summed E-state index contributed by atoms with van der Waals surface area (Å²) in [6, 6.07) is 55.0. The Balaban J connectivity index is 0.00000384. The standard InChI is InChI=1S/C47H33N5O.Pt/c1-47(2,3)31-25-26-48-45(27-31)52-43-22-11-9-19-39(43)40-24-23-34(29-44(40)52)53-33-14-12-13-32(28-33)51-30-50-42-21-10-8-18-38(42)36-16-5-4-15-35(36)37-17-6-7-20-41(37)46(50)49-51;/h4-27H,1-3H3;/q-2;. The largest absolute Gasteiger partial charge is 0.510 e. The van der Waals surface area contributed by atoms with Crippen LogP contribution in [-0.4, -0.2) is 19.3 Å². The number of benzene rings is 6. The predicted octanol–water partition coefficient (Wildman–Crippen LogP) is 10.4. The average Bonchev–Trinajstić information content (AvgIpc) is 3.77. The zero-order valence-corrected chi connectivity index (χ0v) is 32.1. The maximum absolute atomic E-state index is 6.50. The van der Waals surface area contributed by atoms with Crippen LogP contribution in [0.15, 0.2) is 146 Å². The van der Waals surface area contributed by atoms with Gasteiger partial charge in [-0.15, -0.1) is 29.7 Å². The van der Waals surface area contributed by atoms with Gasteiger partial charge in [0.05, 0.1) is 0 Å². The molecule has 0 fully saturated rings. The summed E-state index contributed by atoms with van der Waals surface area (Å²) in [5.74, 6) is 2.76. The Labute approximate surface area is 328 Å². The minimum absolute atomic E-state index is 0. The molecule has 0 N–H and O–H groups in total. The number of hydrogen-bond acceptors (Lipinski definition) is 3. The van der Waals surface area contributed by atoms with E-state index in [1.807, 2.05) is 30.5 Å². The first-order valence-corrected chi connectivity index (χ1v) is 17.8. The van der Waals surface area contributed by atoms with E-state index in [1.54, 1.807) is 4.68 Å². The first kappa shape index (κ1) is 33.7. The second kappa shape index (κ2) is 13.1. The van der Waals surface area contributed by atoms with Crippen molar-refractivity contribution in [3.8, 4) is 62.3 Å². The van der Waals surface area contributed by atoms with Crippen molar-refractivity contribution in [3.05, 3.63) is 170 Å². The van der Waals surface area contributed by atoms with Crippen molar-refractivity contribution in [1.82, 2.24) is 19.3 Å². The van der Waals surface area contributed by atoms with Gasteiger partial charge in [0, 0.05) is 55.5 Å². The number of nitrogens with zero attached hydrogens (tertiary/aromatic N) is 5. The second-order valence-electron chi connectivity index (χ2n) is 14.4. The van der Waals surface area contributed by atoms with Gasteiger partial charge in [-0.1, -0.05) is 117 Å². The zero-order chi connectivity index (χ0) is 35.7. The number of aromatic nitrogens is 5. The van der Waals surface area contributed by atoms with E-state index in [0.29, 0.717) is 17.2 Å². The van der Waals surface area contributed by atoms with Crippen molar-refractivity contribution in [2.45, 2.75) is 26.2 Å². The van der Waals surface area contributed by atoms with E-state index in [2.05, 4.69) is 164 Å². The summed E-state index contributed by atoms with van der Waals surface area (Å²) in [7, 11) is 0. The third-order valence-electron chi connectivity index (χ3n) is 10.0. The van der Waals surface area contributed by atoms with Crippen LogP contribution in [0.2, 0.25) is 0 Å². The molecule has 0 saturated carbocycles. The molecular formula is C47H33N5OPt-2. The molecule has 1 aliphatic rings. The Morgan fingerprint density at radius 3 is 2.09 bits per heavy atom. The van der Waals surface area contributed by atoms with Gasteiger partial charge >= 0.3 is 0 Å². The quantitative estimate of drug-likeness (QED) is 0.131. The molecule has 54 heavy (non-hydrogen) atoms. The molecule has 0 amide bonds. The average molecular weight is 879 g/mol. The Morgan fingerprint density at radius 2 is 1.30 bits per heavy atom. The molecule has 0 saturated heterocycles. The normalized spacial score (nSPS) is 11.8. The zero-order valence-electron chi connectivity index (χ0n) is 29.8. The summed E-state index contributed by atoms with van der Waals surface area (Å²) in [6.07, 6.45) is 5.42. The molecule has 264 valence electrons. The van der Waals surface area contributed by atoms with Crippen molar-refractivity contribution in [2.75, 3.05) is 0 Å². The van der Waals surface area contributed by atoms with Crippen LogP contribution >= 0.6 is 0 Å². The molecule has 7 heteroatoms. The molecule has 0 bridgehead atoms. The van der Waals surface area contributed by atoms with Gasteiger partial charge < -0.3 is 13.9 Å². The number of rotatable bonds is 4. The van der Waals surface area contributed by atoms with Gasteiger partial charge in [-0.25, -0.2) is 4.98 Å². The maximum atomic E-state index is 6.50. The van der Waals surface area contributed by atoms with Crippen molar-refractivity contribution < 1.29 is 30.4 Å². The smallest absolute Gasteiger partial charge is 0.232 e. The number of fused-ring (bicyclic) bond motifs is 11. The monoisotopic (exact) mass is 878 g/mol. The third kappa shape index (κ3) is 5.57. The van der Waals surface area contributed by atoms with Gasteiger partial charge in [0.15, 0.2) is 0 Å². The maximum Gasteiger partial charge on any atom is 0.232 e. The van der Waals surface area contributed by atoms with E-state index in [1.165, 1.54) is 16.7 Å². The molecule has 10 rings (SSSR count). The van der Waals surface area contributed by atoms with Crippen LogP contribution in [0.4, 0.5) is 0 Å². The molecule has 0 aliphatic carbocycles. The first-order chi connectivity index (χ1) is 25.9. The Morgan fingerprint density at radius 1 is 0.630 bits per heavy atom. The topological polar surface area (TPSA) is 48.8 Å². The molecule has 9 aromatic rings. The predicted molar refractivity (Wildman–Crippen MR) is 209 cm³/mol. The summed E-state index contributed by atoms with van der Waals surface area (Å²) < 4.78 is 12.5. The van der Waals surface area contributed by atoms with E-state index in [9.17, 15) is 0 Å². The van der Waals surface area contributed by atoms with Gasteiger partial charge in [0.2, 0.25) is 12.2 Å². The van der Waals surface area contributed by atoms with E-state index < -0.39 is 0 Å². The number of pyridine rings is 1. The van der Waals surface area contributed by atoms with Gasteiger partial charge in [0.25, 0.3) is 0 Å². The third-order valence-corrected chi connectivity index (χ3v) is 10.0. The molecule has 0 radical (unpaired) electrons. The summed E-state index contributed by atoms with van der Waals surface area (Å²) in [6.45, 7) is 6.65. The van der Waals surface area contributed by atoms with Crippen LogP contribution < -0.4 is 9.30 Å². The van der Waals surface area contributed by atoms with Crippen LogP contribution in [0, 0.1) is 18.5 Å². The molecule has 6 nitrogen and oxygen atoms in total. The van der Waals surface area contributed by atoms with E-state index in [-0.39, 0.29) is 26.5 Å². The van der Waals surface area contributed by atoms with Crippen LogP contribution in [0.25, 0.3) is 72.6 Å². The van der Waals surface area contributed by atoms with Crippen molar-refractivity contribution in [1.29, 1.82) is 0 Å². The number of para-hydroxylation sites is 2. The summed E-state index contributed by atoms with van der Waals surface area (Å²) in [4.78, 5) is 4.81. The van der Waals surface area contributed by atoms with Crippen molar-refractivity contribution >= 4 is 21.8 Å². The van der Waals surface area contributed by atoms with Crippen LogP contribution in [0.3, 0.4) is 0 Å². The summed E-state index contributed by atoms with van der Waals surface area (Å²) in [5, 5.41) is 7.35. The van der Waals surface area contributed by atoms with E-state index >= 15 is 0 Å². The molecule has 3 aromatic heterocycles. The van der Waals surface area contributed by atoms with Crippen LogP contribution in [0.1, 0.15) is 26.3 Å². The van der Waals surface area contributed by atoms with E-state index in [0.717, 1.165) is 55.8 Å². The minimum atomic E-state index is -0.0186. The Kier molecular flexibility index (Phi) is 8.17. The fraction of sp³-hybridized carbons (Fsp3) is 0.0851. The van der Waals surface area contributed by atoms with Crippen LogP contribution in [-0.2, 0) is 26.5 Å². The van der Waals surface area contributed by atoms with Gasteiger partial charge in [-0.05, 0) is 67.6 Å². The van der Waals surface area contributed by atoms with Crippen molar-refractivity contribution in [3.63, 3.8) is 0 Å². The molecular weight excluding hydrogens is 846 g/mol. The number of hydrogen-bond donors (Lipinski definition) is 0. The second-order valence-corrected chi connectivity index (χ2v) is 14.4. The molecule has 1 aliphatic heterocycles. The van der Waals surface area contributed by atoms with Gasteiger partial charge in [-0.3, -0.25) is 0 Å². The number of ether oxygens (including phenoxy) is 1. The summed E-state index contributed by atoms with van der Waals surface area (Å²) in [5.41, 5.74) is 10.5. The fourth-order valence-electron chi connectivity index (χ4n) is 7.43.